The highest BCUT2D eigenvalue weighted by Gasteiger charge is 2.18. The number of hydrogen-bond donors (Lipinski definition) is 2. The van der Waals surface area contributed by atoms with E-state index in [1.165, 1.54) is 12.6 Å². The molecular formula is C21H15N7O2. The van der Waals surface area contributed by atoms with Gasteiger partial charge in [-0.25, -0.2) is 15.0 Å². The maximum atomic E-state index is 12.3. The summed E-state index contributed by atoms with van der Waals surface area (Å²) in [5.41, 5.74) is 4.60. The Labute approximate surface area is 170 Å². The molecule has 1 amide bonds. The smallest absolute Gasteiger partial charge is 0.233 e. The maximum absolute atomic E-state index is 12.3. The molecule has 5 aromatic rings. The average Bonchev–Trinajstić information content (AvgIpc) is 3.42. The van der Waals surface area contributed by atoms with Crippen LogP contribution in [-0.4, -0.2) is 35.8 Å². The van der Waals surface area contributed by atoms with E-state index in [0.29, 0.717) is 17.2 Å². The van der Waals surface area contributed by atoms with E-state index in [1.54, 1.807) is 30.9 Å². The molecule has 0 bridgehead atoms. The van der Waals surface area contributed by atoms with Crippen molar-refractivity contribution >= 4 is 22.9 Å². The lowest BCUT2D eigenvalue weighted by Gasteiger charge is -2.07. The lowest BCUT2D eigenvalue weighted by Crippen LogP contribution is -2.15. The van der Waals surface area contributed by atoms with Gasteiger partial charge in [0.15, 0.2) is 12.0 Å². The Bertz CT molecular complexity index is 1310. The summed E-state index contributed by atoms with van der Waals surface area (Å²) in [7, 11) is 0. The molecule has 146 valence electrons. The lowest BCUT2D eigenvalue weighted by atomic mass is 10.1. The van der Waals surface area contributed by atoms with Crippen LogP contribution in [0.1, 0.15) is 5.76 Å². The molecule has 0 saturated carbocycles. The molecular weight excluding hydrogens is 382 g/mol. The Hall–Kier alpha value is -4.40. The minimum absolute atomic E-state index is 0.0747. The van der Waals surface area contributed by atoms with Gasteiger partial charge in [-0.2, -0.15) is 0 Å². The topological polar surface area (TPSA) is 122 Å². The number of amides is 1. The van der Waals surface area contributed by atoms with Crippen LogP contribution in [0, 0.1) is 0 Å². The first-order chi connectivity index (χ1) is 14.8. The van der Waals surface area contributed by atoms with Crippen molar-refractivity contribution in [3.8, 4) is 22.5 Å². The van der Waals surface area contributed by atoms with Gasteiger partial charge in [0.05, 0.1) is 29.6 Å². The highest BCUT2D eigenvalue weighted by molar-refractivity contribution is 5.99. The van der Waals surface area contributed by atoms with Gasteiger partial charge in [0.1, 0.15) is 17.1 Å². The Morgan fingerprint density at radius 1 is 1.03 bits per heavy atom. The summed E-state index contributed by atoms with van der Waals surface area (Å²) in [4.78, 5) is 37.0. The molecule has 30 heavy (non-hydrogen) atoms. The SMILES string of the molecule is O=C(Cc1cnco1)Nc1cc(-c2[nH]c3nccnc3c2-c2ccccn2)ccn1. The number of aromatic amines is 1. The summed E-state index contributed by atoms with van der Waals surface area (Å²) >= 11 is 0. The first-order valence-corrected chi connectivity index (χ1v) is 9.15. The van der Waals surface area contributed by atoms with Crippen molar-refractivity contribution in [2.24, 2.45) is 0 Å². The second-order valence-electron chi connectivity index (χ2n) is 6.47. The molecule has 0 radical (unpaired) electrons. The number of carbonyl (C=O) groups is 1. The molecule has 0 aliphatic carbocycles. The number of nitrogens with one attached hydrogen (secondary N) is 2. The Kier molecular flexibility index (Phi) is 4.45. The second-order valence-corrected chi connectivity index (χ2v) is 6.47. The fraction of sp³-hybridized carbons (Fsp3) is 0.0476. The van der Waals surface area contributed by atoms with Crippen LogP contribution in [0.25, 0.3) is 33.7 Å². The number of pyridine rings is 2. The Morgan fingerprint density at radius 2 is 1.97 bits per heavy atom. The van der Waals surface area contributed by atoms with Crippen molar-refractivity contribution in [1.29, 1.82) is 0 Å². The molecule has 0 spiro atoms. The standard InChI is InChI=1S/C21H15N7O2/c29-17(10-14-11-22-12-30-14)27-16-9-13(4-6-24-16)19-18(15-3-1-2-5-23-15)20-21(28-19)26-8-7-25-20/h1-9,11-12H,10H2,(H,26,28)(H,24,27,29). The molecule has 9 nitrogen and oxygen atoms in total. The zero-order valence-electron chi connectivity index (χ0n) is 15.6. The van der Waals surface area contributed by atoms with Crippen molar-refractivity contribution in [1.82, 2.24) is 29.9 Å². The minimum atomic E-state index is -0.249. The number of aromatic nitrogens is 6. The second kappa shape index (κ2) is 7.55. The van der Waals surface area contributed by atoms with E-state index in [9.17, 15) is 4.79 Å². The van der Waals surface area contributed by atoms with Crippen LogP contribution in [0.15, 0.2) is 72.1 Å². The van der Waals surface area contributed by atoms with Crippen molar-refractivity contribution < 1.29 is 9.21 Å². The quantitative estimate of drug-likeness (QED) is 0.467. The average molecular weight is 397 g/mol. The first kappa shape index (κ1) is 17.7. The largest absolute Gasteiger partial charge is 0.448 e. The number of nitrogens with zero attached hydrogens (tertiary/aromatic N) is 5. The Balaban J connectivity index is 1.53. The van der Waals surface area contributed by atoms with Gasteiger partial charge in [0.2, 0.25) is 5.91 Å². The predicted molar refractivity (Wildman–Crippen MR) is 109 cm³/mol. The van der Waals surface area contributed by atoms with Crippen molar-refractivity contribution in [3.05, 3.63) is 73.5 Å². The maximum Gasteiger partial charge on any atom is 0.233 e. The number of H-pyrrole nitrogens is 1. The van der Waals surface area contributed by atoms with Crippen LogP contribution in [0.4, 0.5) is 5.82 Å². The predicted octanol–water partition coefficient (Wildman–Crippen LogP) is 3.25. The molecule has 0 fully saturated rings. The number of oxazole rings is 1. The van der Waals surface area contributed by atoms with Crippen LogP contribution >= 0.6 is 0 Å². The molecule has 0 unspecified atom stereocenters. The van der Waals surface area contributed by atoms with E-state index in [-0.39, 0.29) is 12.3 Å². The van der Waals surface area contributed by atoms with Gasteiger partial charge in [-0.05, 0) is 24.3 Å². The monoisotopic (exact) mass is 397 g/mol. The van der Waals surface area contributed by atoms with Crippen molar-refractivity contribution in [2.45, 2.75) is 6.42 Å². The molecule has 0 saturated heterocycles. The number of fused-ring (bicyclic) bond motifs is 1. The Morgan fingerprint density at radius 3 is 2.80 bits per heavy atom. The van der Waals surface area contributed by atoms with Crippen LogP contribution < -0.4 is 5.32 Å². The summed E-state index contributed by atoms with van der Waals surface area (Å²) in [5, 5.41) is 2.78. The molecule has 5 rings (SSSR count). The van der Waals surface area contributed by atoms with Gasteiger partial charge < -0.3 is 14.7 Å². The summed E-state index contributed by atoms with van der Waals surface area (Å²) in [6, 6.07) is 9.34. The third-order valence-electron chi connectivity index (χ3n) is 4.48. The molecule has 9 heteroatoms. The normalized spacial score (nSPS) is 10.9. The first-order valence-electron chi connectivity index (χ1n) is 9.15. The van der Waals surface area contributed by atoms with Crippen LogP contribution in [0.5, 0.6) is 0 Å². The molecule has 0 aliphatic heterocycles. The number of rotatable bonds is 5. The molecule has 5 heterocycles. The van der Waals surface area contributed by atoms with E-state index in [2.05, 4.69) is 35.2 Å². The summed E-state index contributed by atoms with van der Waals surface area (Å²) in [6.07, 6.45) is 9.52. The summed E-state index contributed by atoms with van der Waals surface area (Å²) in [5.74, 6) is 0.652. The number of hydrogen-bond acceptors (Lipinski definition) is 7. The van der Waals surface area contributed by atoms with Gasteiger partial charge in [-0.1, -0.05) is 6.07 Å². The third-order valence-corrected chi connectivity index (χ3v) is 4.48. The summed E-state index contributed by atoms with van der Waals surface area (Å²) < 4.78 is 5.12. The zero-order chi connectivity index (χ0) is 20.3. The van der Waals surface area contributed by atoms with Crippen molar-refractivity contribution in [2.75, 3.05) is 5.32 Å². The van der Waals surface area contributed by atoms with Gasteiger partial charge in [0, 0.05) is 30.4 Å². The lowest BCUT2D eigenvalue weighted by molar-refractivity contribution is -0.115. The van der Waals surface area contributed by atoms with Gasteiger partial charge in [-0.3, -0.25) is 14.8 Å². The van der Waals surface area contributed by atoms with Crippen molar-refractivity contribution in [3.63, 3.8) is 0 Å². The highest BCUT2D eigenvalue weighted by Crippen LogP contribution is 2.35. The fourth-order valence-corrected chi connectivity index (χ4v) is 3.22. The van der Waals surface area contributed by atoms with Crippen LogP contribution in [-0.2, 0) is 11.2 Å². The van der Waals surface area contributed by atoms with E-state index in [0.717, 1.165) is 28.0 Å². The van der Waals surface area contributed by atoms with Gasteiger partial charge in [0.25, 0.3) is 0 Å². The third kappa shape index (κ3) is 3.39. The van der Waals surface area contributed by atoms with E-state index in [4.69, 9.17) is 4.42 Å². The fourth-order valence-electron chi connectivity index (χ4n) is 3.22. The highest BCUT2D eigenvalue weighted by atomic mass is 16.3. The molecule has 0 aliphatic rings. The van der Waals surface area contributed by atoms with Gasteiger partial charge in [-0.15, -0.1) is 0 Å². The zero-order valence-corrected chi connectivity index (χ0v) is 15.6. The van der Waals surface area contributed by atoms with E-state index in [1.807, 2.05) is 24.3 Å². The molecule has 0 aromatic carbocycles. The number of carbonyl (C=O) groups excluding carboxylic acids is 1. The van der Waals surface area contributed by atoms with Gasteiger partial charge >= 0.3 is 0 Å². The van der Waals surface area contributed by atoms with E-state index < -0.39 is 0 Å². The number of anilines is 1. The van der Waals surface area contributed by atoms with Crippen LogP contribution in [0.2, 0.25) is 0 Å². The minimum Gasteiger partial charge on any atom is -0.448 e. The van der Waals surface area contributed by atoms with Crippen LogP contribution in [0.3, 0.4) is 0 Å². The molecule has 2 N–H and O–H groups in total. The summed E-state index contributed by atoms with van der Waals surface area (Å²) in [6.45, 7) is 0. The van der Waals surface area contributed by atoms with E-state index >= 15 is 0 Å². The molecule has 0 atom stereocenters. The molecule has 5 aromatic heterocycles.